The van der Waals surface area contributed by atoms with Crippen molar-refractivity contribution < 1.29 is 14.3 Å². The molecule has 2 rings (SSSR count). The Morgan fingerprint density at radius 1 is 1.11 bits per heavy atom. The Bertz CT molecular complexity index is 431. The number of nitrogens with zero attached hydrogens (tertiary/aromatic N) is 1. The average Bonchev–Trinajstić information content (AvgIpc) is 2.46. The van der Waals surface area contributed by atoms with Gasteiger partial charge >= 0.3 is 0 Å². The van der Waals surface area contributed by atoms with Gasteiger partial charge in [-0.25, -0.2) is 0 Å². The summed E-state index contributed by atoms with van der Waals surface area (Å²) in [4.78, 5) is 14.3. The molecule has 0 radical (unpaired) electrons. The van der Waals surface area contributed by atoms with Crippen LogP contribution in [0.1, 0.15) is 29.6 Å². The molecule has 0 aromatic heterocycles. The highest BCUT2D eigenvalue weighted by atomic mass is 35.5. The van der Waals surface area contributed by atoms with Gasteiger partial charge in [0, 0.05) is 13.1 Å². The monoisotopic (exact) mass is 285 g/mol. The third-order valence-corrected chi connectivity index (χ3v) is 3.28. The molecule has 1 amide bonds. The van der Waals surface area contributed by atoms with Gasteiger partial charge in [0.1, 0.15) is 0 Å². The molecule has 0 spiro atoms. The van der Waals surface area contributed by atoms with E-state index in [1.165, 1.54) is 6.42 Å². The van der Waals surface area contributed by atoms with E-state index in [0.29, 0.717) is 17.1 Å². The summed E-state index contributed by atoms with van der Waals surface area (Å²) >= 11 is 0. The van der Waals surface area contributed by atoms with Crippen molar-refractivity contribution >= 4 is 18.3 Å². The molecule has 1 aliphatic rings. The first-order chi connectivity index (χ1) is 8.77. The minimum Gasteiger partial charge on any atom is -0.493 e. The lowest BCUT2D eigenvalue weighted by molar-refractivity contribution is 0.0720. The summed E-state index contributed by atoms with van der Waals surface area (Å²) < 4.78 is 10.5. The maximum atomic E-state index is 12.4. The molecule has 4 nitrogen and oxygen atoms in total. The summed E-state index contributed by atoms with van der Waals surface area (Å²) in [6, 6.07) is 5.41. The zero-order valence-corrected chi connectivity index (χ0v) is 12.2. The predicted octanol–water partition coefficient (Wildman–Crippen LogP) is 2.75. The van der Waals surface area contributed by atoms with Crippen LogP contribution in [-0.4, -0.2) is 38.1 Å². The number of hydrogen-bond donors (Lipinski definition) is 0. The molecule has 1 saturated heterocycles. The number of piperidine rings is 1. The molecule has 19 heavy (non-hydrogen) atoms. The van der Waals surface area contributed by atoms with Crippen molar-refractivity contribution in [2.45, 2.75) is 19.3 Å². The van der Waals surface area contributed by atoms with Crippen molar-refractivity contribution in [3.8, 4) is 11.5 Å². The number of benzene rings is 1. The standard InChI is InChI=1S/C14H19NO3.ClH/c1-17-12-8-6-7-11(13(12)18-2)14(16)15-9-4-3-5-10-15;/h6-8H,3-5,9-10H2,1-2H3;1H. The second-order valence-electron chi connectivity index (χ2n) is 4.39. The smallest absolute Gasteiger partial charge is 0.257 e. The van der Waals surface area contributed by atoms with Crippen LogP contribution >= 0.6 is 12.4 Å². The van der Waals surface area contributed by atoms with Gasteiger partial charge in [-0.2, -0.15) is 0 Å². The van der Waals surface area contributed by atoms with Crippen LogP contribution in [0.15, 0.2) is 18.2 Å². The van der Waals surface area contributed by atoms with Crippen molar-refractivity contribution in [2.75, 3.05) is 27.3 Å². The number of amides is 1. The lowest BCUT2D eigenvalue weighted by Crippen LogP contribution is -2.35. The molecule has 1 aliphatic heterocycles. The van der Waals surface area contributed by atoms with Crippen molar-refractivity contribution in [2.24, 2.45) is 0 Å². The molecule has 5 heteroatoms. The van der Waals surface area contributed by atoms with Gasteiger partial charge in [0.25, 0.3) is 5.91 Å². The van der Waals surface area contributed by atoms with Gasteiger partial charge in [0.2, 0.25) is 0 Å². The molecular weight excluding hydrogens is 266 g/mol. The van der Waals surface area contributed by atoms with Crippen LogP contribution in [-0.2, 0) is 0 Å². The van der Waals surface area contributed by atoms with E-state index < -0.39 is 0 Å². The summed E-state index contributed by atoms with van der Waals surface area (Å²) in [6.07, 6.45) is 3.37. The molecule has 0 aliphatic carbocycles. The van der Waals surface area contributed by atoms with Gasteiger partial charge in [0.15, 0.2) is 11.5 Å². The van der Waals surface area contributed by atoms with E-state index in [1.54, 1.807) is 26.4 Å². The lowest BCUT2D eigenvalue weighted by Gasteiger charge is -2.27. The number of para-hydroxylation sites is 1. The topological polar surface area (TPSA) is 38.8 Å². The quantitative estimate of drug-likeness (QED) is 0.857. The number of carbonyl (C=O) groups excluding carboxylic acids is 1. The number of ether oxygens (including phenoxy) is 2. The Morgan fingerprint density at radius 2 is 1.79 bits per heavy atom. The van der Waals surface area contributed by atoms with Gasteiger partial charge < -0.3 is 14.4 Å². The Labute approximate surface area is 120 Å². The Hall–Kier alpha value is -1.42. The Balaban J connectivity index is 0.00000180. The molecule has 0 saturated carbocycles. The number of methoxy groups -OCH3 is 2. The van der Waals surface area contributed by atoms with E-state index in [9.17, 15) is 4.79 Å². The van der Waals surface area contributed by atoms with Gasteiger partial charge in [0.05, 0.1) is 19.8 Å². The molecule has 1 heterocycles. The Morgan fingerprint density at radius 3 is 2.37 bits per heavy atom. The zero-order valence-electron chi connectivity index (χ0n) is 11.3. The van der Waals surface area contributed by atoms with Crippen LogP contribution in [0.4, 0.5) is 0 Å². The van der Waals surface area contributed by atoms with Crippen molar-refractivity contribution in [1.29, 1.82) is 0 Å². The first-order valence-corrected chi connectivity index (χ1v) is 6.28. The molecule has 0 atom stereocenters. The van der Waals surface area contributed by atoms with Crippen LogP contribution < -0.4 is 9.47 Å². The zero-order chi connectivity index (χ0) is 13.0. The average molecular weight is 286 g/mol. The second kappa shape index (κ2) is 7.24. The highest BCUT2D eigenvalue weighted by Crippen LogP contribution is 2.31. The summed E-state index contributed by atoms with van der Waals surface area (Å²) in [5.41, 5.74) is 0.582. The number of rotatable bonds is 3. The first kappa shape index (κ1) is 15.6. The minimum atomic E-state index is 0. The second-order valence-corrected chi connectivity index (χ2v) is 4.39. The van der Waals surface area contributed by atoms with Crippen LogP contribution in [0, 0.1) is 0 Å². The molecule has 0 N–H and O–H groups in total. The van der Waals surface area contributed by atoms with Crippen molar-refractivity contribution in [3.63, 3.8) is 0 Å². The van der Waals surface area contributed by atoms with E-state index in [0.717, 1.165) is 25.9 Å². The number of carbonyl (C=O) groups is 1. The summed E-state index contributed by atoms with van der Waals surface area (Å²) in [7, 11) is 3.14. The fourth-order valence-electron chi connectivity index (χ4n) is 2.32. The highest BCUT2D eigenvalue weighted by molar-refractivity contribution is 5.97. The summed E-state index contributed by atoms with van der Waals surface area (Å²) in [5, 5.41) is 0. The van der Waals surface area contributed by atoms with Gasteiger partial charge in [-0.05, 0) is 31.4 Å². The molecule has 106 valence electrons. The van der Waals surface area contributed by atoms with Crippen molar-refractivity contribution in [1.82, 2.24) is 4.90 Å². The molecule has 1 aromatic carbocycles. The molecule has 1 fully saturated rings. The maximum absolute atomic E-state index is 12.4. The number of hydrogen-bond acceptors (Lipinski definition) is 3. The van der Waals surface area contributed by atoms with Crippen LogP contribution in [0.2, 0.25) is 0 Å². The predicted molar refractivity (Wildman–Crippen MR) is 76.5 cm³/mol. The van der Waals surface area contributed by atoms with E-state index >= 15 is 0 Å². The third-order valence-electron chi connectivity index (χ3n) is 3.28. The summed E-state index contributed by atoms with van der Waals surface area (Å²) in [5.74, 6) is 1.15. The third kappa shape index (κ3) is 3.32. The van der Waals surface area contributed by atoms with Gasteiger partial charge in [-0.1, -0.05) is 6.07 Å². The highest BCUT2D eigenvalue weighted by Gasteiger charge is 2.22. The normalized spacial score (nSPS) is 14.5. The van der Waals surface area contributed by atoms with E-state index in [2.05, 4.69) is 0 Å². The van der Waals surface area contributed by atoms with Crippen LogP contribution in [0.3, 0.4) is 0 Å². The molecular formula is C14H20ClNO3. The van der Waals surface area contributed by atoms with E-state index in [1.807, 2.05) is 11.0 Å². The fourth-order valence-corrected chi connectivity index (χ4v) is 2.32. The molecule has 1 aromatic rings. The largest absolute Gasteiger partial charge is 0.493 e. The van der Waals surface area contributed by atoms with E-state index in [4.69, 9.17) is 9.47 Å². The van der Waals surface area contributed by atoms with E-state index in [-0.39, 0.29) is 18.3 Å². The van der Waals surface area contributed by atoms with Gasteiger partial charge in [-0.15, -0.1) is 12.4 Å². The van der Waals surface area contributed by atoms with Crippen LogP contribution in [0.25, 0.3) is 0 Å². The van der Waals surface area contributed by atoms with Gasteiger partial charge in [-0.3, -0.25) is 4.79 Å². The summed E-state index contributed by atoms with van der Waals surface area (Å²) in [6.45, 7) is 1.67. The number of likely N-dealkylation sites (tertiary alicyclic amines) is 1. The molecule has 0 bridgehead atoms. The SMILES string of the molecule is COc1cccc(C(=O)N2CCCCC2)c1OC.Cl. The Kier molecular flexibility index (Phi) is 5.96. The van der Waals surface area contributed by atoms with Crippen LogP contribution in [0.5, 0.6) is 11.5 Å². The van der Waals surface area contributed by atoms with Crippen molar-refractivity contribution in [3.05, 3.63) is 23.8 Å². The lowest BCUT2D eigenvalue weighted by atomic mass is 10.1. The number of halogens is 1. The maximum Gasteiger partial charge on any atom is 0.257 e. The fraction of sp³-hybridized carbons (Fsp3) is 0.500. The molecule has 0 unspecified atom stereocenters. The first-order valence-electron chi connectivity index (χ1n) is 6.28. The minimum absolute atomic E-state index is 0.